The Balaban J connectivity index is 2.12. The first kappa shape index (κ1) is 14.3. The van der Waals surface area contributed by atoms with Crippen LogP contribution in [0.15, 0.2) is 0 Å². The molecule has 0 bridgehead atoms. The van der Waals surface area contributed by atoms with E-state index in [9.17, 15) is 4.79 Å². The number of aryl methyl sites for hydroxylation is 2. The first-order valence-electron chi connectivity index (χ1n) is 6.20. The molecule has 1 atom stereocenters. The molecule has 0 radical (unpaired) electrons. The highest BCUT2D eigenvalue weighted by molar-refractivity contribution is 6.30. The van der Waals surface area contributed by atoms with Gasteiger partial charge in [0, 0.05) is 31.7 Å². The summed E-state index contributed by atoms with van der Waals surface area (Å²) >= 11 is 6.21. The van der Waals surface area contributed by atoms with Gasteiger partial charge >= 0.3 is 5.97 Å². The number of hydrogen-bond donors (Lipinski definition) is 1. The summed E-state index contributed by atoms with van der Waals surface area (Å²) in [7, 11) is 1.80. The number of morpholine rings is 1. The Morgan fingerprint density at radius 1 is 1.63 bits per heavy atom. The van der Waals surface area contributed by atoms with Crippen molar-refractivity contribution in [2.24, 2.45) is 7.05 Å². The van der Waals surface area contributed by atoms with E-state index in [1.54, 1.807) is 11.7 Å². The molecular formula is C12H18ClN3O3. The second kappa shape index (κ2) is 5.90. The summed E-state index contributed by atoms with van der Waals surface area (Å²) in [5.74, 6) is -0.811. The number of ether oxygens (including phenoxy) is 1. The summed E-state index contributed by atoms with van der Waals surface area (Å²) in [5, 5.41) is 13.8. The zero-order valence-corrected chi connectivity index (χ0v) is 11.9. The van der Waals surface area contributed by atoms with Gasteiger partial charge in [0.25, 0.3) is 0 Å². The number of aliphatic carboxylic acids is 1. The maximum Gasteiger partial charge on any atom is 0.305 e. The molecule has 2 rings (SSSR count). The van der Waals surface area contributed by atoms with E-state index in [2.05, 4.69) is 10.00 Å². The molecule has 1 saturated heterocycles. The largest absolute Gasteiger partial charge is 0.481 e. The lowest BCUT2D eigenvalue weighted by Gasteiger charge is -2.34. The topological polar surface area (TPSA) is 67.6 Å². The molecule has 19 heavy (non-hydrogen) atoms. The molecule has 6 nitrogen and oxygen atoms in total. The van der Waals surface area contributed by atoms with Crippen LogP contribution in [0, 0.1) is 6.92 Å². The molecule has 1 N–H and O–H groups in total. The van der Waals surface area contributed by atoms with Crippen molar-refractivity contribution in [1.82, 2.24) is 14.7 Å². The fraction of sp³-hybridized carbons (Fsp3) is 0.667. The highest BCUT2D eigenvalue weighted by Gasteiger charge is 2.27. The van der Waals surface area contributed by atoms with E-state index in [0.29, 0.717) is 31.5 Å². The van der Waals surface area contributed by atoms with Gasteiger partial charge in [-0.15, -0.1) is 0 Å². The van der Waals surface area contributed by atoms with Crippen molar-refractivity contribution in [2.75, 3.05) is 19.8 Å². The zero-order chi connectivity index (χ0) is 14.0. The van der Waals surface area contributed by atoms with Crippen LogP contribution >= 0.6 is 11.6 Å². The maximum absolute atomic E-state index is 10.9. The Kier molecular flexibility index (Phi) is 4.44. The van der Waals surface area contributed by atoms with E-state index in [1.165, 1.54) is 0 Å². The quantitative estimate of drug-likeness (QED) is 0.897. The highest BCUT2D eigenvalue weighted by atomic mass is 35.5. The lowest BCUT2D eigenvalue weighted by molar-refractivity contribution is -0.140. The molecule has 0 aliphatic carbocycles. The first-order valence-corrected chi connectivity index (χ1v) is 6.58. The molecule has 0 aromatic carbocycles. The molecule has 0 saturated carbocycles. The van der Waals surface area contributed by atoms with Gasteiger partial charge in [0.05, 0.1) is 25.3 Å². The van der Waals surface area contributed by atoms with E-state index in [-0.39, 0.29) is 12.5 Å². The molecule has 7 heteroatoms. The lowest BCUT2D eigenvalue weighted by Crippen LogP contribution is -2.46. The molecule has 0 amide bonds. The summed E-state index contributed by atoms with van der Waals surface area (Å²) in [6.07, 6.45) is 0.0803. The minimum absolute atomic E-state index is 0.0803. The van der Waals surface area contributed by atoms with Gasteiger partial charge in [0.2, 0.25) is 0 Å². The third-order valence-corrected chi connectivity index (χ3v) is 3.86. The van der Waals surface area contributed by atoms with Crippen molar-refractivity contribution in [2.45, 2.75) is 25.9 Å². The van der Waals surface area contributed by atoms with Gasteiger partial charge in [-0.1, -0.05) is 11.6 Å². The number of carbonyl (C=O) groups is 1. The van der Waals surface area contributed by atoms with Gasteiger partial charge in [-0.2, -0.15) is 5.10 Å². The van der Waals surface area contributed by atoms with Gasteiger partial charge in [-0.3, -0.25) is 14.4 Å². The Hall–Kier alpha value is -1.11. The molecule has 0 spiro atoms. The molecule has 1 aromatic rings. The van der Waals surface area contributed by atoms with Crippen molar-refractivity contribution in [3.63, 3.8) is 0 Å². The SMILES string of the molecule is Cc1nn(C)c(Cl)c1CN1CCOCC1CC(=O)O. The number of carboxylic acids is 1. The first-order chi connectivity index (χ1) is 8.99. The normalized spacial score (nSPS) is 20.7. The number of carboxylic acid groups (broad SMARTS) is 1. The summed E-state index contributed by atoms with van der Waals surface area (Å²) in [5.41, 5.74) is 1.84. The Morgan fingerprint density at radius 2 is 2.37 bits per heavy atom. The Labute approximate surface area is 116 Å². The van der Waals surface area contributed by atoms with Crippen molar-refractivity contribution in [3.05, 3.63) is 16.4 Å². The Bertz CT molecular complexity index is 475. The average molecular weight is 288 g/mol. The van der Waals surface area contributed by atoms with Crippen LogP contribution in [0.25, 0.3) is 0 Å². The van der Waals surface area contributed by atoms with Crippen LogP contribution in [0.4, 0.5) is 0 Å². The van der Waals surface area contributed by atoms with Crippen LogP contribution in [-0.2, 0) is 23.1 Å². The molecule has 1 fully saturated rings. The summed E-state index contributed by atoms with van der Waals surface area (Å²) < 4.78 is 7.00. The number of aromatic nitrogens is 2. The van der Waals surface area contributed by atoms with E-state index >= 15 is 0 Å². The third kappa shape index (κ3) is 3.26. The molecule has 1 aliphatic heterocycles. The number of rotatable bonds is 4. The molecule has 106 valence electrons. The molecule has 1 aromatic heterocycles. The van der Waals surface area contributed by atoms with Crippen LogP contribution < -0.4 is 0 Å². The van der Waals surface area contributed by atoms with Crippen molar-refractivity contribution < 1.29 is 14.6 Å². The van der Waals surface area contributed by atoms with Crippen molar-refractivity contribution in [3.8, 4) is 0 Å². The number of hydrogen-bond acceptors (Lipinski definition) is 4. The van der Waals surface area contributed by atoms with E-state index in [1.807, 2.05) is 6.92 Å². The fourth-order valence-electron chi connectivity index (χ4n) is 2.34. The summed E-state index contributed by atoms with van der Waals surface area (Å²) in [4.78, 5) is 13.0. The van der Waals surface area contributed by atoms with Crippen LogP contribution in [0.3, 0.4) is 0 Å². The molecular weight excluding hydrogens is 270 g/mol. The number of halogens is 1. The zero-order valence-electron chi connectivity index (χ0n) is 11.1. The second-order valence-corrected chi connectivity index (χ2v) is 5.13. The Morgan fingerprint density at radius 3 is 2.95 bits per heavy atom. The van der Waals surface area contributed by atoms with Crippen LogP contribution in [0.1, 0.15) is 17.7 Å². The monoisotopic (exact) mass is 287 g/mol. The summed E-state index contributed by atoms with van der Waals surface area (Å²) in [6.45, 7) is 4.30. The number of nitrogens with zero attached hydrogens (tertiary/aromatic N) is 3. The van der Waals surface area contributed by atoms with Gasteiger partial charge < -0.3 is 9.84 Å². The predicted molar refractivity (Wildman–Crippen MR) is 70.2 cm³/mol. The fourth-order valence-corrected chi connectivity index (χ4v) is 2.58. The van der Waals surface area contributed by atoms with Gasteiger partial charge in [-0.05, 0) is 6.92 Å². The summed E-state index contributed by atoms with van der Waals surface area (Å²) in [6, 6.07) is -0.109. The molecule has 2 heterocycles. The van der Waals surface area contributed by atoms with E-state index < -0.39 is 5.97 Å². The predicted octanol–water partition coefficient (Wildman–Crippen LogP) is 1.06. The molecule has 1 unspecified atom stereocenters. The lowest BCUT2D eigenvalue weighted by atomic mass is 10.1. The van der Waals surface area contributed by atoms with Crippen LogP contribution in [0.5, 0.6) is 0 Å². The third-order valence-electron chi connectivity index (χ3n) is 3.39. The standard InChI is InChI=1S/C12H18ClN3O3/c1-8-10(12(13)15(2)14-8)6-16-3-4-19-7-9(16)5-11(17)18/h9H,3-7H2,1-2H3,(H,17,18). The van der Waals surface area contributed by atoms with E-state index in [4.69, 9.17) is 21.4 Å². The second-order valence-electron chi connectivity index (χ2n) is 4.78. The molecule has 1 aliphatic rings. The van der Waals surface area contributed by atoms with Crippen molar-refractivity contribution in [1.29, 1.82) is 0 Å². The van der Waals surface area contributed by atoms with Gasteiger partial charge in [0.1, 0.15) is 5.15 Å². The van der Waals surface area contributed by atoms with Gasteiger partial charge in [-0.25, -0.2) is 0 Å². The van der Waals surface area contributed by atoms with Crippen LogP contribution in [-0.4, -0.2) is 51.6 Å². The van der Waals surface area contributed by atoms with E-state index in [0.717, 1.165) is 11.3 Å². The van der Waals surface area contributed by atoms with Crippen molar-refractivity contribution >= 4 is 17.6 Å². The minimum atomic E-state index is -0.811. The smallest absolute Gasteiger partial charge is 0.305 e. The van der Waals surface area contributed by atoms with Crippen LogP contribution in [0.2, 0.25) is 5.15 Å². The minimum Gasteiger partial charge on any atom is -0.481 e. The highest BCUT2D eigenvalue weighted by Crippen LogP contribution is 2.23. The maximum atomic E-state index is 10.9. The average Bonchev–Trinajstić information content (AvgIpc) is 2.57. The van der Waals surface area contributed by atoms with Gasteiger partial charge in [0.15, 0.2) is 0 Å².